The molecular weight excluding hydrogens is 328 g/mol. The standard InChI is InChI=1S/C25H30N2/c1-4-18-27-23-16-15-20-11-8-9-14-22(20)24(23)25(2,3)17-10-19-26-21-12-6-5-7-13-21/h5-16,19,26-27H,4,17-18H2,1-3H3/b19-10+. The molecule has 0 saturated heterocycles. The van der Waals surface area contributed by atoms with Crippen LogP contribution in [0.3, 0.4) is 0 Å². The van der Waals surface area contributed by atoms with Crippen LogP contribution in [0.5, 0.6) is 0 Å². The number of nitrogens with one attached hydrogen (secondary N) is 2. The van der Waals surface area contributed by atoms with E-state index in [4.69, 9.17) is 0 Å². The predicted octanol–water partition coefficient (Wildman–Crippen LogP) is 6.96. The lowest BCUT2D eigenvalue weighted by Crippen LogP contribution is -2.19. The van der Waals surface area contributed by atoms with E-state index in [-0.39, 0.29) is 5.41 Å². The Kier molecular flexibility index (Phi) is 6.18. The monoisotopic (exact) mass is 358 g/mol. The third-order valence-corrected chi connectivity index (χ3v) is 4.94. The highest BCUT2D eigenvalue weighted by Gasteiger charge is 2.24. The molecule has 0 spiro atoms. The molecule has 0 unspecified atom stereocenters. The third-order valence-electron chi connectivity index (χ3n) is 4.94. The van der Waals surface area contributed by atoms with Gasteiger partial charge in [0.1, 0.15) is 0 Å². The van der Waals surface area contributed by atoms with Crippen molar-refractivity contribution in [3.05, 3.63) is 84.6 Å². The van der Waals surface area contributed by atoms with Gasteiger partial charge in [-0.15, -0.1) is 0 Å². The highest BCUT2D eigenvalue weighted by atomic mass is 14.9. The van der Waals surface area contributed by atoms with E-state index in [0.29, 0.717) is 0 Å². The number of fused-ring (bicyclic) bond motifs is 1. The topological polar surface area (TPSA) is 24.1 Å². The van der Waals surface area contributed by atoms with E-state index >= 15 is 0 Å². The number of benzene rings is 3. The number of hydrogen-bond donors (Lipinski definition) is 2. The van der Waals surface area contributed by atoms with E-state index in [1.165, 1.54) is 22.0 Å². The Balaban J connectivity index is 1.86. The summed E-state index contributed by atoms with van der Waals surface area (Å²) in [5.41, 5.74) is 3.79. The molecule has 27 heavy (non-hydrogen) atoms. The van der Waals surface area contributed by atoms with Crippen molar-refractivity contribution in [1.29, 1.82) is 0 Å². The summed E-state index contributed by atoms with van der Waals surface area (Å²) in [6.07, 6.45) is 6.37. The number of hydrogen-bond acceptors (Lipinski definition) is 2. The van der Waals surface area contributed by atoms with Crippen molar-refractivity contribution in [2.45, 2.75) is 39.0 Å². The summed E-state index contributed by atoms with van der Waals surface area (Å²) in [6, 6.07) is 23.4. The highest BCUT2D eigenvalue weighted by Crippen LogP contribution is 2.38. The van der Waals surface area contributed by atoms with Crippen LogP contribution in [0, 0.1) is 0 Å². The van der Waals surface area contributed by atoms with E-state index in [0.717, 1.165) is 25.1 Å². The average molecular weight is 359 g/mol. The molecule has 3 aromatic rings. The first kappa shape index (κ1) is 19.0. The van der Waals surface area contributed by atoms with Crippen molar-refractivity contribution in [3.8, 4) is 0 Å². The lowest BCUT2D eigenvalue weighted by molar-refractivity contribution is 0.540. The zero-order chi connectivity index (χ0) is 19.1. The fourth-order valence-corrected chi connectivity index (χ4v) is 3.55. The average Bonchev–Trinajstić information content (AvgIpc) is 2.70. The molecule has 0 radical (unpaired) electrons. The molecule has 0 aromatic heterocycles. The van der Waals surface area contributed by atoms with Crippen molar-refractivity contribution in [1.82, 2.24) is 0 Å². The van der Waals surface area contributed by atoms with E-state index < -0.39 is 0 Å². The van der Waals surface area contributed by atoms with E-state index in [2.05, 4.69) is 92.2 Å². The molecule has 0 atom stereocenters. The van der Waals surface area contributed by atoms with Crippen LogP contribution in [-0.2, 0) is 5.41 Å². The van der Waals surface area contributed by atoms with Gasteiger partial charge in [0.05, 0.1) is 0 Å². The number of allylic oxidation sites excluding steroid dienone is 1. The van der Waals surface area contributed by atoms with Gasteiger partial charge in [-0.2, -0.15) is 0 Å². The molecule has 3 rings (SSSR count). The zero-order valence-electron chi connectivity index (χ0n) is 16.6. The maximum absolute atomic E-state index is 3.64. The van der Waals surface area contributed by atoms with Gasteiger partial charge < -0.3 is 10.6 Å². The van der Waals surface area contributed by atoms with Crippen molar-refractivity contribution >= 4 is 22.1 Å². The van der Waals surface area contributed by atoms with E-state index in [1.54, 1.807) is 0 Å². The van der Waals surface area contributed by atoms with Crippen LogP contribution in [0.2, 0.25) is 0 Å². The Morgan fingerprint density at radius 1 is 0.889 bits per heavy atom. The summed E-state index contributed by atoms with van der Waals surface area (Å²) in [5, 5.41) is 9.64. The Bertz CT molecular complexity index is 895. The van der Waals surface area contributed by atoms with Crippen LogP contribution >= 0.6 is 0 Å². The molecule has 3 aromatic carbocycles. The molecule has 0 amide bonds. The molecule has 0 bridgehead atoms. The van der Waals surface area contributed by atoms with Crippen LogP contribution in [0.1, 0.15) is 39.2 Å². The van der Waals surface area contributed by atoms with Gasteiger partial charge in [0, 0.05) is 17.9 Å². The predicted molar refractivity (Wildman–Crippen MR) is 120 cm³/mol. The first-order valence-corrected chi connectivity index (χ1v) is 9.84. The van der Waals surface area contributed by atoms with Crippen LogP contribution in [0.25, 0.3) is 10.8 Å². The summed E-state index contributed by atoms with van der Waals surface area (Å²) in [7, 11) is 0. The van der Waals surface area contributed by atoms with Crippen molar-refractivity contribution in [2.75, 3.05) is 17.2 Å². The van der Waals surface area contributed by atoms with Gasteiger partial charge >= 0.3 is 0 Å². The Hall–Kier alpha value is -2.74. The summed E-state index contributed by atoms with van der Waals surface area (Å²) in [5.74, 6) is 0. The fraction of sp³-hybridized carbons (Fsp3) is 0.280. The second-order valence-electron chi connectivity index (χ2n) is 7.64. The number of para-hydroxylation sites is 1. The van der Waals surface area contributed by atoms with E-state index in [9.17, 15) is 0 Å². The maximum Gasteiger partial charge on any atom is 0.0384 e. The molecule has 140 valence electrons. The molecule has 0 aliphatic heterocycles. The van der Waals surface area contributed by atoms with Crippen LogP contribution in [-0.4, -0.2) is 6.54 Å². The molecule has 2 N–H and O–H groups in total. The summed E-state index contributed by atoms with van der Waals surface area (Å²) < 4.78 is 0. The number of anilines is 2. The Labute approximate surface area is 163 Å². The lowest BCUT2D eigenvalue weighted by Gasteiger charge is -2.29. The minimum absolute atomic E-state index is 0.0196. The molecule has 0 saturated carbocycles. The normalized spacial score (nSPS) is 11.8. The van der Waals surface area contributed by atoms with Gasteiger partial charge in [0.25, 0.3) is 0 Å². The number of rotatable bonds is 8. The van der Waals surface area contributed by atoms with E-state index in [1.807, 2.05) is 18.2 Å². The van der Waals surface area contributed by atoms with Crippen LogP contribution < -0.4 is 10.6 Å². The van der Waals surface area contributed by atoms with Gasteiger partial charge in [-0.05, 0) is 59.0 Å². The van der Waals surface area contributed by atoms with Gasteiger partial charge in [0.2, 0.25) is 0 Å². The van der Waals surface area contributed by atoms with Gasteiger partial charge in [-0.3, -0.25) is 0 Å². The molecule has 0 aliphatic rings. The van der Waals surface area contributed by atoms with Crippen molar-refractivity contribution in [3.63, 3.8) is 0 Å². The quantitative estimate of drug-likeness (QED) is 0.455. The fourth-order valence-electron chi connectivity index (χ4n) is 3.55. The first-order valence-electron chi connectivity index (χ1n) is 9.84. The Morgan fingerprint density at radius 3 is 2.41 bits per heavy atom. The SMILES string of the molecule is CCCNc1ccc2ccccc2c1C(C)(C)C/C=C/Nc1ccccc1. The highest BCUT2D eigenvalue weighted by molar-refractivity contribution is 5.91. The van der Waals surface area contributed by atoms with Crippen LogP contribution in [0.15, 0.2) is 79.0 Å². The minimum atomic E-state index is 0.0196. The smallest absolute Gasteiger partial charge is 0.0384 e. The zero-order valence-corrected chi connectivity index (χ0v) is 16.6. The third kappa shape index (κ3) is 4.71. The molecule has 2 nitrogen and oxygen atoms in total. The molecule has 0 aliphatic carbocycles. The first-order chi connectivity index (χ1) is 13.1. The maximum atomic E-state index is 3.64. The second-order valence-corrected chi connectivity index (χ2v) is 7.64. The van der Waals surface area contributed by atoms with Crippen molar-refractivity contribution in [2.24, 2.45) is 0 Å². The molecule has 2 heteroatoms. The van der Waals surface area contributed by atoms with Gasteiger partial charge in [0.15, 0.2) is 0 Å². The largest absolute Gasteiger partial charge is 0.385 e. The molecule has 0 heterocycles. The lowest BCUT2D eigenvalue weighted by atomic mass is 9.78. The second kappa shape index (κ2) is 8.77. The van der Waals surface area contributed by atoms with Crippen LogP contribution in [0.4, 0.5) is 11.4 Å². The summed E-state index contributed by atoms with van der Waals surface area (Å²) in [4.78, 5) is 0. The van der Waals surface area contributed by atoms with Gasteiger partial charge in [-0.1, -0.05) is 75.4 Å². The summed E-state index contributed by atoms with van der Waals surface area (Å²) in [6.45, 7) is 7.86. The molecule has 0 fully saturated rings. The summed E-state index contributed by atoms with van der Waals surface area (Å²) >= 11 is 0. The van der Waals surface area contributed by atoms with Crippen molar-refractivity contribution < 1.29 is 0 Å². The minimum Gasteiger partial charge on any atom is -0.385 e. The van der Waals surface area contributed by atoms with Gasteiger partial charge in [-0.25, -0.2) is 0 Å². The Morgan fingerprint density at radius 2 is 1.63 bits per heavy atom. The molecular formula is C25H30N2.